The zero-order valence-corrected chi connectivity index (χ0v) is 25.3. The van der Waals surface area contributed by atoms with Crippen LogP contribution >= 0.6 is 11.8 Å². The van der Waals surface area contributed by atoms with Crippen molar-refractivity contribution in [3.63, 3.8) is 0 Å². The molecule has 2 atom stereocenters. The first-order chi connectivity index (χ1) is 18.3. The number of thioether (sulfide) groups is 1. The van der Waals surface area contributed by atoms with Gasteiger partial charge in [0.2, 0.25) is 5.91 Å². The van der Waals surface area contributed by atoms with Gasteiger partial charge in [-0.25, -0.2) is 9.59 Å². The minimum Gasteiger partial charge on any atom is -0.480 e. The summed E-state index contributed by atoms with van der Waals surface area (Å²) in [5.41, 5.74) is 3.77. The van der Waals surface area contributed by atoms with E-state index >= 15 is 0 Å². The fraction of sp³-hybridized carbons (Fsp3) is 0.516. The lowest BCUT2D eigenvalue weighted by Crippen LogP contribution is -2.49. The van der Waals surface area contributed by atoms with Gasteiger partial charge >= 0.3 is 12.1 Å². The van der Waals surface area contributed by atoms with Crippen molar-refractivity contribution in [1.29, 1.82) is 0 Å². The predicted octanol–water partition coefficient (Wildman–Crippen LogP) is 6.97. The number of amides is 2. The maximum Gasteiger partial charge on any atom is 0.408 e. The van der Waals surface area contributed by atoms with Gasteiger partial charge in [-0.15, -0.1) is 0 Å². The smallest absolute Gasteiger partial charge is 0.408 e. The largest absolute Gasteiger partial charge is 0.480 e. The highest BCUT2D eigenvalue weighted by molar-refractivity contribution is 7.99. The first-order valence-electron chi connectivity index (χ1n) is 13.4. The van der Waals surface area contributed by atoms with Crippen molar-refractivity contribution >= 4 is 29.7 Å². The highest BCUT2D eigenvalue weighted by Crippen LogP contribution is 2.17. The van der Waals surface area contributed by atoms with E-state index in [0.717, 1.165) is 25.7 Å². The first kappa shape index (κ1) is 34.0. The third-order valence-electron chi connectivity index (χ3n) is 5.63. The number of rotatable bonds is 15. The molecule has 39 heavy (non-hydrogen) atoms. The van der Waals surface area contributed by atoms with Gasteiger partial charge in [0.05, 0.1) is 0 Å². The first-order valence-corrected chi connectivity index (χ1v) is 14.5. The quantitative estimate of drug-likeness (QED) is 0.159. The monoisotopic (exact) mass is 558 g/mol. The molecular formula is C31H46N2O5S. The Hall–Kier alpha value is -3.00. The van der Waals surface area contributed by atoms with Crippen LogP contribution in [0.4, 0.5) is 4.79 Å². The summed E-state index contributed by atoms with van der Waals surface area (Å²) in [6.07, 6.45) is 9.97. The molecule has 0 fully saturated rings. The molecule has 0 aliphatic heterocycles. The second-order valence-corrected chi connectivity index (χ2v) is 12.0. The van der Waals surface area contributed by atoms with Gasteiger partial charge in [0, 0.05) is 11.5 Å². The second-order valence-electron chi connectivity index (χ2n) is 10.9. The molecule has 0 radical (unpaired) electrons. The Morgan fingerprint density at radius 2 is 1.51 bits per heavy atom. The van der Waals surface area contributed by atoms with Gasteiger partial charge in [-0.3, -0.25) is 4.79 Å². The van der Waals surface area contributed by atoms with Crippen LogP contribution in [0.1, 0.15) is 85.8 Å². The zero-order valence-electron chi connectivity index (χ0n) is 24.5. The minimum atomic E-state index is -1.13. The maximum atomic E-state index is 13.1. The van der Waals surface area contributed by atoms with Gasteiger partial charge in [-0.05, 0) is 79.7 Å². The average molecular weight is 559 g/mol. The molecule has 0 aliphatic carbocycles. The minimum absolute atomic E-state index is 0.197. The van der Waals surface area contributed by atoms with Crippen LogP contribution in [0.15, 0.2) is 65.3 Å². The Morgan fingerprint density at radius 1 is 0.923 bits per heavy atom. The van der Waals surface area contributed by atoms with Crippen molar-refractivity contribution in [2.75, 3.05) is 11.5 Å². The Balaban J connectivity index is 2.67. The van der Waals surface area contributed by atoms with E-state index < -0.39 is 35.7 Å². The van der Waals surface area contributed by atoms with E-state index in [9.17, 15) is 19.5 Å². The second kappa shape index (κ2) is 17.6. The third-order valence-corrected chi connectivity index (χ3v) is 6.60. The summed E-state index contributed by atoms with van der Waals surface area (Å²) >= 11 is 1.44. The molecule has 0 heterocycles. The normalized spacial score (nSPS) is 13.7. The van der Waals surface area contributed by atoms with Crippen LogP contribution < -0.4 is 10.6 Å². The molecule has 0 aliphatic rings. The molecule has 0 unspecified atom stereocenters. The highest BCUT2D eigenvalue weighted by atomic mass is 32.2. The fourth-order valence-electron chi connectivity index (χ4n) is 3.53. The molecule has 0 bridgehead atoms. The number of carbonyl (C=O) groups excluding carboxylic acids is 2. The Morgan fingerprint density at radius 3 is 2.08 bits per heavy atom. The van der Waals surface area contributed by atoms with Crippen molar-refractivity contribution in [3.05, 3.63) is 70.8 Å². The van der Waals surface area contributed by atoms with Gasteiger partial charge in [0.15, 0.2) is 0 Å². The van der Waals surface area contributed by atoms with E-state index in [-0.39, 0.29) is 5.75 Å². The fourth-order valence-corrected chi connectivity index (χ4v) is 4.53. The number of carboxylic acids is 1. The molecule has 2 amide bonds. The topological polar surface area (TPSA) is 105 Å². The molecule has 7 nitrogen and oxygen atoms in total. The van der Waals surface area contributed by atoms with E-state index in [1.165, 1.54) is 28.5 Å². The number of allylic oxidation sites excluding steroid dienone is 5. The van der Waals surface area contributed by atoms with E-state index in [0.29, 0.717) is 11.3 Å². The summed E-state index contributed by atoms with van der Waals surface area (Å²) in [5, 5.41) is 14.9. The summed E-state index contributed by atoms with van der Waals surface area (Å²) in [6, 6.07) is 6.48. The molecule has 0 saturated heterocycles. The Bertz CT molecular complexity index is 1020. The predicted molar refractivity (Wildman–Crippen MR) is 161 cm³/mol. The highest BCUT2D eigenvalue weighted by Gasteiger charge is 2.29. The maximum absolute atomic E-state index is 13.1. The summed E-state index contributed by atoms with van der Waals surface area (Å²) < 4.78 is 5.30. The van der Waals surface area contributed by atoms with Gasteiger partial charge in [-0.1, -0.05) is 65.3 Å². The molecule has 0 saturated carbocycles. The zero-order chi connectivity index (χ0) is 29.4. The number of alkyl carbamates (subject to hydrolysis) is 1. The number of carbonyl (C=O) groups is 3. The Kier molecular flexibility index (Phi) is 15.3. The van der Waals surface area contributed by atoms with E-state index in [2.05, 4.69) is 56.6 Å². The molecule has 1 rings (SSSR count). The average Bonchev–Trinajstić information content (AvgIpc) is 2.83. The van der Waals surface area contributed by atoms with Crippen LogP contribution in [0.3, 0.4) is 0 Å². The molecule has 216 valence electrons. The molecule has 0 spiro atoms. The van der Waals surface area contributed by atoms with E-state index in [4.69, 9.17) is 4.74 Å². The van der Waals surface area contributed by atoms with Crippen LogP contribution in [-0.2, 0) is 14.3 Å². The van der Waals surface area contributed by atoms with Crippen molar-refractivity contribution in [2.24, 2.45) is 0 Å². The van der Waals surface area contributed by atoms with Gasteiger partial charge in [0.1, 0.15) is 17.7 Å². The lowest BCUT2D eigenvalue weighted by molar-refractivity contribution is -0.141. The number of benzene rings is 1. The summed E-state index contributed by atoms with van der Waals surface area (Å²) in [4.78, 5) is 37.4. The number of hydrogen-bond acceptors (Lipinski definition) is 5. The van der Waals surface area contributed by atoms with Gasteiger partial charge < -0.3 is 20.5 Å². The van der Waals surface area contributed by atoms with Crippen molar-refractivity contribution in [2.45, 2.75) is 91.8 Å². The van der Waals surface area contributed by atoms with Crippen LogP contribution in [0, 0.1) is 0 Å². The van der Waals surface area contributed by atoms with Crippen LogP contribution in [-0.4, -0.2) is 46.2 Å². The summed E-state index contributed by atoms with van der Waals surface area (Å²) in [5.74, 6) is -0.900. The number of hydrogen-bond donors (Lipinski definition) is 3. The van der Waals surface area contributed by atoms with Crippen molar-refractivity contribution in [3.8, 4) is 0 Å². The van der Waals surface area contributed by atoms with Crippen LogP contribution in [0.2, 0.25) is 0 Å². The molecule has 8 heteroatoms. The lowest BCUT2D eigenvalue weighted by Gasteiger charge is -2.24. The number of carboxylic acid groups (broad SMARTS) is 1. The van der Waals surface area contributed by atoms with E-state index in [1.807, 2.05) is 0 Å². The number of nitrogens with one attached hydrogen (secondary N) is 2. The molecular weight excluding hydrogens is 512 g/mol. The van der Waals surface area contributed by atoms with E-state index in [1.54, 1.807) is 51.1 Å². The molecule has 3 N–H and O–H groups in total. The van der Waals surface area contributed by atoms with Crippen LogP contribution in [0.5, 0.6) is 0 Å². The number of ether oxygens (including phenoxy) is 1. The molecule has 0 aromatic heterocycles. The van der Waals surface area contributed by atoms with Gasteiger partial charge in [-0.2, -0.15) is 11.8 Å². The SMILES string of the molecule is CC(C)=CCC/C(C)=C/CC/C(C)=C/CSC[C@H](NC(=O)[C@@H](NC(=O)OC(C)(C)C)c1ccccc1)C(=O)O. The molecule has 1 aromatic carbocycles. The standard InChI is InChI=1S/C31H46N2O5S/c1-22(2)13-11-14-23(3)15-12-16-24(4)19-20-39-21-26(29(35)36)32-28(34)27(25-17-9-8-10-18-25)33-30(37)38-31(5,6)7/h8-10,13,15,17-19,26-27H,11-12,14,16,20-21H2,1-7H3,(H,32,34)(H,33,37)(H,35,36)/b23-15+,24-19+/t26-,27-/m0/s1. The lowest BCUT2D eigenvalue weighted by atomic mass is 10.1. The van der Waals surface area contributed by atoms with Gasteiger partial charge in [0.25, 0.3) is 0 Å². The van der Waals surface area contributed by atoms with Crippen molar-refractivity contribution < 1.29 is 24.2 Å². The summed E-state index contributed by atoms with van der Waals surface area (Å²) in [7, 11) is 0. The van der Waals surface area contributed by atoms with Crippen molar-refractivity contribution in [1.82, 2.24) is 10.6 Å². The number of aliphatic carboxylic acids is 1. The molecule has 1 aromatic rings. The van der Waals surface area contributed by atoms with Crippen LogP contribution in [0.25, 0.3) is 0 Å². The Labute approximate surface area is 238 Å². The summed E-state index contributed by atoms with van der Waals surface area (Å²) in [6.45, 7) is 13.6. The third kappa shape index (κ3) is 15.9.